The van der Waals surface area contributed by atoms with Crippen LogP contribution in [0.25, 0.3) is 0 Å². The van der Waals surface area contributed by atoms with Gasteiger partial charge in [0.15, 0.2) is 0 Å². The largest absolute Gasteiger partial charge is 0.496 e. The molecule has 0 aromatic heterocycles. The Morgan fingerprint density at radius 1 is 1.50 bits per heavy atom. The molecule has 0 bridgehead atoms. The number of benzene rings is 1. The van der Waals surface area contributed by atoms with Crippen molar-refractivity contribution in [1.82, 2.24) is 5.32 Å². The average molecular weight is 278 g/mol. The molecule has 3 N–H and O–H groups in total. The van der Waals surface area contributed by atoms with E-state index in [1.54, 1.807) is 7.11 Å². The number of nitrogens with two attached hydrogens (primary N) is 1. The lowest BCUT2D eigenvalue weighted by atomic mass is 9.99. The van der Waals surface area contributed by atoms with E-state index < -0.39 is 0 Å². The zero-order valence-corrected chi connectivity index (χ0v) is 12.0. The molecule has 3 unspecified atom stereocenters. The molecule has 0 radical (unpaired) electrons. The molecule has 5 nitrogen and oxygen atoms in total. The van der Waals surface area contributed by atoms with Crippen LogP contribution in [0.2, 0.25) is 0 Å². The van der Waals surface area contributed by atoms with E-state index in [0.717, 1.165) is 17.7 Å². The summed E-state index contributed by atoms with van der Waals surface area (Å²) in [6, 6.07) is 7.43. The maximum Gasteiger partial charge on any atom is 0.227 e. The van der Waals surface area contributed by atoms with Crippen molar-refractivity contribution in [2.75, 3.05) is 20.3 Å². The highest BCUT2D eigenvalue weighted by molar-refractivity contribution is 5.80. The number of amides is 1. The van der Waals surface area contributed by atoms with Gasteiger partial charge >= 0.3 is 0 Å². The van der Waals surface area contributed by atoms with Gasteiger partial charge in [0.05, 0.1) is 32.3 Å². The minimum Gasteiger partial charge on any atom is -0.496 e. The van der Waals surface area contributed by atoms with Crippen LogP contribution in [0, 0.1) is 5.92 Å². The van der Waals surface area contributed by atoms with Gasteiger partial charge in [-0.1, -0.05) is 25.1 Å². The smallest absolute Gasteiger partial charge is 0.227 e. The van der Waals surface area contributed by atoms with Crippen LogP contribution in [0.4, 0.5) is 0 Å². The molecule has 0 aliphatic carbocycles. The second-order valence-electron chi connectivity index (χ2n) is 5.02. The van der Waals surface area contributed by atoms with Crippen LogP contribution in [0.1, 0.15) is 24.9 Å². The highest BCUT2D eigenvalue weighted by Crippen LogP contribution is 2.27. The van der Waals surface area contributed by atoms with Gasteiger partial charge in [-0.25, -0.2) is 0 Å². The molecule has 1 fully saturated rings. The van der Waals surface area contributed by atoms with E-state index in [-0.39, 0.29) is 23.9 Å². The van der Waals surface area contributed by atoms with Gasteiger partial charge in [-0.3, -0.25) is 4.79 Å². The number of rotatable bonds is 5. The molecule has 2 rings (SSSR count). The third-order valence-corrected chi connectivity index (χ3v) is 3.70. The maximum atomic E-state index is 12.3. The fraction of sp³-hybridized carbons (Fsp3) is 0.533. The van der Waals surface area contributed by atoms with Gasteiger partial charge < -0.3 is 20.5 Å². The Bertz CT molecular complexity index is 464. The summed E-state index contributed by atoms with van der Waals surface area (Å²) in [5, 5.41) is 3.05. The zero-order chi connectivity index (χ0) is 14.5. The number of hydrogen-bond donors (Lipinski definition) is 2. The maximum absolute atomic E-state index is 12.3. The van der Waals surface area contributed by atoms with Crippen molar-refractivity contribution >= 4 is 5.91 Å². The highest BCUT2D eigenvalue weighted by atomic mass is 16.5. The number of para-hydroxylation sites is 1. The number of hydrogen-bond acceptors (Lipinski definition) is 4. The van der Waals surface area contributed by atoms with Gasteiger partial charge in [0, 0.05) is 11.6 Å². The van der Waals surface area contributed by atoms with Gasteiger partial charge in [-0.05, 0) is 12.5 Å². The summed E-state index contributed by atoms with van der Waals surface area (Å²) in [5.74, 6) is 0.470. The number of ether oxygens (including phenoxy) is 2. The first-order chi connectivity index (χ1) is 9.67. The van der Waals surface area contributed by atoms with Crippen molar-refractivity contribution in [3.05, 3.63) is 29.8 Å². The third-order valence-electron chi connectivity index (χ3n) is 3.70. The first-order valence-corrected chi connectivity index (χ1v) is 6.94. The lowest BCUT2D eigenvalue weighted by molar-refractivity contribution is -0.126. The molecule has 1 amide bonds. The first-order valence-electron chi connectivity index (χ1n) is 6.94. The summed E-state index contributed by atoms with van der Waals surface area (Å²) in [5.41, 5.74) is 6.87. The molecule has 110 valence electrons. The van der Waals surface area contributed by atoms with Crippen molar-refractivity contribution in [1.29, 1.82) is 0 Å². The van der Waals surface area contributed by atoms with Crippen molar-refractivity contribution < 1.29 is 14.3 Å². The second kappa shape index (κ2) is 6.72. The fourth-order valence-electron chi connectivity index (χ4n) is 2.47. The number of nitrogens with one attached hydrogen (secondary N) is 1. The van der Waals surface area contributed by atoms with Crippen molar-refractivity contribution in [3.63, 3.8) is 0 Å². The van der Waals surface area contributed by atoms with Crippen molar-refractivity contribution in [3.8, 4) is 5.75 Å². The highest BCUT2D eigenvalue weighted by Gasteiger charge is 2.32. The van der Waals surface area contributed by atoms with Crippen LogP contribution in [0.3, 0.4) is 0 Å². The molecule has 1 aromatic carbocycles. The number of carbonyl (C=O) groups is 1. The van der Waals surface area contributed by atoms with Crippen LogP contribution >= 0.6 is 0 Å². The molecular weight excluding hydrogens is 256 g/mol. The number of carbonyl (C=O) groups excluding carboxylic acids is 1. The fourth-order valence-corrected chi connectivity index (χ4v) is 2.47. The predicted molar refractivity (Wildman–Crippen MR) is 76.5 cm³/mol. The minimum absolute atomic E-state index is 0.0484. The van der Waals surface area contributed by atoms with Crippen LogP contribution in [0.5, 0.6) is 5.75 Å². The molecule has 20 heavy (non-hydrogen) atoms. The van der Waals surface area contributed by atoms with Crippen molar-refractivity contribution in [2.45, 2.75) is 25.4 Å². The molecule has 1 heterocycles. The zero-order valence-electron chi connectivity index (χ0n) is 12.0. The predicted octanol–water partition coefficient (Wildman–Crippen LogP) is 1.24. The van der Waals surface area contributed by atoms with E-state index in [1.807, 2.05) is 31.2 Å². The van der Waals surface area contributed by atoms with Gasteiger partial charge in [-0.15, -0.1) is 0 Å². The van der Waals surface area contributed by atoms with Gasteiger partial charge in [0.1, 0.15) is 5.75 Å². The molecule has 0 saturated carbocycles. The van der Waals surface area contributed by atoms with E-state index in [2.05, 4.69) is 5.32 Å². The topological polar surface area (TPSA) is 73.6 Å². The monoisotopic (exact) mass is 278 g/mol. The normalized spacial score (nSPS) is 23.4. The molecule has 1 aliphatic heterocycles. The van der Waals surface area contributed by atoms with Crippen LogP contribution in [-0.2, 0) is 9.53 Å². The van der Waals surface area contributed by atoms with E-state index in [9.17, 15) is 4.79 Å². The average Bonchev–Trinajstić information content (AvgIpc) is 2.90. The first kappa shape index (κ1) is 14.8. The standard InChI is InChI=1S/C15H22N2O3/c1-3-13(10-6-4-5-7-14(10)19-2)17-15(18)11-8-20-9-12(11)16/h4-7,11-13H,3,8-9,16H2,1-2H3,(H,17,18). The third kappa shape index (κ3) is 3.11. The van der Waals surface area contributed by atoms with Crippen LogP contribution < -0.4 is 15.8 Å². The lowest BCUT2D eigenvalue weighted by Crippen LogP contribution is -2.42. The Labute approximate surface area is 119 Å². The van der Waals surface area contributed by atoms with E-state index in [1.165, 1.54) is 0 Å². The van der Waals surface area contributed by atoms with Gasteiger partial charge in [0.25, 0.3) is 0 Å². The van der Waals surface area contributed by atoms with E-state index >= 15 is 0 Å². The summed E-state index contributed by atoms with van der Waals surface area (Å²) in [4.78, 5) is 12.3. The van der Waals surface area contributed by atoms with E-state index in [0.29, 0.717) is 13.2 Å². The Hall–Kier alpha value is -1.59. The SMILES string of the molecule is CCC(NC(=O)C1COCC1N)c1ccccc1OC. The number of methoxy groups -OCH3 is 1. The Kier molecular flexibility index (Phi) is 4.98. The molecule has 3 atom stereocenters. The second-order valence-corrected chi connectivity index (χ2v) is 5.02. The lowest BCUT2D eigenvalue weighted by Gasteiger charge is -2.22. The Balaban J connectivity index is 2.10. The molecule has 1 aliphatic rings. The molecule has 1 saturated heterocycles. The van der Waals surface area contributed by atoms with Crippen LogP contribution in [0.15, 0.2) is 24.3 Å². The molecule has 0 spiro atoms. The summed E-state index contributed by atoms with van der Waals surface area (Å²) in [6.07, 6.45) is 0.787. The summed E-state index contributed by atoms with van der Waals surface area (Å²) in [6.45, 7) is 2.88. The van der Waals surface area contributed by atoms with Crippen molar-refractivity contribution in [2.24, 2.45) is 11.7 Å². The summed E-state index contributed by atoms with van der Waals surface area (Å²) in [7, 11) is 1.63. The minimum atomic E-state index is -0.265. The molecule has 5 heteroatoms. The quantitative estimate of drug-likeness (QED) is 0.850. The Morgan fingerprint density at radius 2 is 2.25 bits per heavy atom. The molecular formula is C15H22N2O3. The summed E-state index contributed by atoms with van der Waals surface area (Å²) < 4.78 is 10.6. The Morgan fingerprint density at radius 3 is 2.85 bits per heavy atom. The molecule has 1 aromatic rings. The van der Waals surface area contributed by atoms with E-state index in [4.69, 9.17) is 15.2 Å². The van der Waals surface area contributed by atoms with Gasteiger partial charge in [-0.2, -0.15) is 0 Å². The van der Waals surface area contributed by atoms with Crippen LogP contribution in [-0.4, -0.2) is 32.3 Å². The van der Waals surface area contributed by atoms with Gasteiger partial charge in [0.2, 0.25) is 5.91 Å². The summed E-state index contributed by atoms with van der Waals surface area (Å²) >= 11 is 0.